The summed E-state index contributed by atoms with van der Waals surface area (Å²) < 4.78 is 30.3. The number of nitrogens with one attached hydrogen (secondary N) is 2. The predicted octanol–water partition coefficient (Wildman–Crippen LogP) is 3.63. The summed E-state index contributed by atoms with van der Waals surface area (Å²) in [7, 11) is 1.69. The Balaban J connectivity index is 1.67. The van der Waals surface area contributed by atoms with E-state index in [4.69, 9.17) is 11.6 Å². The fraction of sp³-hybridized carbons (Fsp3) is 0.200. The highest BCUT2D eigenvalue weighted by atomic mass is 35.5. The van der Waals surface area contributed by atoms with Gasteiger partial charge in [0.1, 0.15) is 23.0 Å². The SMILES string of the molecule is CCNC(=O)c1c(F)cc(-c2nc(Cc3ccc4[nH]ncc4c3Cl)n(C)n2)cc1F. The minimum atomic E-state index is -0.974. The van der Waals surface area contributed by atoms with Gasteiger partial charge in [-0.25, -0.2) is 13.8 Å². The first-order chi connectivity index (χ1) is 14.4. The lowest BCUT2D eigenvalue weighted by Gasteiger charge is -2.06. The van der Waals surface area contributed by atoms with Gasteiger partial charge in [-0.2, -0.15) is 10.2 Å². The normalized spacial score (nSPS) is 11.2. The topological polar surface area (TPSA) is 88.5 Å². The number of H-pyrrole nitrogens is 1. The minimum Gasteiger partial charge on any atom is -0.352 e. The summed E-state index contributed by atoms with van der Waals surface area (Å²) in [5.74, 6) is -2.05. The van der Waals surface area contributed by atoms with Crippen LogP contribution in [0.1, 0.15) is 28.7 Å². The molecule has 7 nitrogen and oxygen atoms in total. The van der Waals surface area contributed by atoms with Gasteiger partial charge in [-0.3, -0.25) is 14.6 Å². The molecule has 0 spiro atoms. The first kappa shape index (κ1) is 20.0. The molecule has 30 heavy (non-hydrogen) atoms. The number of carbonyl (C=O) groups excluding carboxylic acids is 1. The maximum Gasteiger partial charge on any atom is 0.257 e. The van der Waals surface area contributed by atoms with Gasteiger partial charge in [0.15, 0.2) is 5.82 Å². The maximum atomic E-state index is 14.4. The van der Waals surface area contributed by atoms with E-state index in [1.54, 1.807) is 20.2 Å². The van der Waals surface area contributed by atoms with Gasteiger partial charge >= 0.3 is 0 Å². The molecular formula is C20H17ClF2N6O. The molecule has 10 heteroatoms. The van der Waals surface area contributed by atoms with E-state index in [1.165, 1.54) is 4.68 Å². The fourth-order valence-electron chi connectivity index (χ4n) is 3.20. The lowest BCUT2D eigenvalue weighted by molar-refractivity contribution is 0.0947. The van der Waals surface area contributed by atoms with E-state index >= 15 is 0 Å². The Kier molecular flexibility index (Phi) is 5.21. The number of aromatic nitrogens is 5. The standard InChI is InChI=1S/C20H17ClF2N6O/c1-3-24-20(30)17-13(22)6-11(7-14(17)23)19-26-16(29(2)28-19)8-10-4-5-15-12(18(10)21)9-25-27-15/h4-7,9H,3,8H2,1-2H3,(H,24,30)(H,25,27). The molecule has 0 bridgehead atoms. The largest absolute Gasteiger partial charge is 0.352 e. The molecule has 1 amide bonds. The Hall–Kier alpha value is -3.33. The molecule has 154 valence electrons. The van der Waals surface area contributed by atoms with Gasteiger partial charge in [0.2, 0.25) is 0 Å². The van der Waals surface area contributed by atoms with Gasteiger partial charge in [0.05, 0.1) is 16.7 Å². The van der Waals surface area contributed by atoms with Crippen molar-refractivity contribution in [3.63, 3.8) is 0 Å². The Morgan fingerprint density at radius 2 is 2.00 bits per heavy atom. The number of aryl methyl sites for hydroxylation is 1. The summed E-state index contributed by atoms with van der Waals surface area (Å²) in [6.07, 6.45) is 2.01. The van der Waals surface area contributed by atoms with Crippen LogP contribution in [0.25, 0.3) is 22.3 Å². The van der Waals surface area contributed by atoms with Crippen molar-refractivity contribution in [2.45, 2.75) is 13.3 Å². The molecule has 0 aliphatic carbocycles. The molecule has 0 radical (unpaired) electrons. The number of nitrogens with zero attached hydrogens (tertiary/aromatic N) is 4. The van der Waals surface area contributed by atoms with Gasteiger partial charge in [0.25, 0.3) is 5.91 Å². The highest BCUT2D eigenvalue weighted by Gasteiger charge is 2.21. The maximum absolute atomic E-state index is 14.4. The van der Waals surface area contributed by atoms with Crippen LogP contribution in [0.2, 0.25) is 5.02 Å². The summed E-state index contributed by atoms with van der Waals surface area (Å²) in [6, 6.07) is 5.83. The number of aromatic amines is 1. The highest BCUT2D eigenvalue weighted by molar-refractivity contribution is 6.36. The van der Waals surface area contributed by atoms with E-state index < -0.39 is 23.1 Å². The molecule has 4 rings (SSSR count). The van der Waals surface area contributed by atoms with Crippen LogP contribution >= 0.6 is 11.6 Å². The van der Waals surface area contributed by atoms with Gasteiger partial charge in [-0.05, 0) is 30.7 Å². The van der Waals surface area contributed by atoms with Crippen LogP contribution in [0.3, 0.4) is 0 Å². The van der Waals surface area contributed by atoms with Crippen LogP contribution in [0.4, 0.5) is 8.78 Å². The van der Waals surface area contributed by atoms with Crippen LogP contribution < -0.4 is 5.32 Å². The van der Waals surface area contributed by atoms with E-state index in [9.17, 15) is 13.6 Å². The summed E-state index contributed by atoms with van der Waals surface area (Å²) in [6.45, 7) is 1.93. The molecular weight excluding hydrogens is 414 g/mol. The van der Waals surface area contributed by atoms with Crippen LogP contribution in [-0.4, -0.2) is 37.4 Å². The monoisotopic (exact) mass is 430 g/mol. The summed E-state index contributed by atoms with van der Waals surface area (Å²) in [5.41, 5.74) is 1.14. The van der Waals surface area contributed by atoms with E-state index in [1.807, 2.05) is 12.1 Å². The summed E-state index contributed by atoms with van der Waals surface area (Å²) in [4.78, 5) is 16.3. The Bertz CT molecular complexity index is 1240. The lowest BCUT2D eigenvalue weighted by Crippen LogP contribution is -2.25. The Morgan fingerprint density at radius 1 is 1.27 bits per heavy atom. The summed E-state index contributed by atoms with van der Waals surface area (Å²) >= 11 is 6.47. The zero-order valence-corrected chi connectivity index (χ0v) is 16.9. The van der Waals surface area contributed by atoms with Crippen LogP contribution in [0.15, 0.2) is 30.5 Å². The number of rotatable bonds is 5. The van der Waals surface area contributed by atoms with E-state index in [2.05, 4.69) is 25.6 Å². The van der Waals surface area contributed by atoms with Crippen LogP contribution in [-0.2, 0) is 13.5 Å². The second-order valence-corrected chi connectivity index (χ2v) is 7.07. The minimum absolute atomic E-state index is 0.135. The number of carbonyl (C=O) groups is 1. The smallest absolute Gasteiger partial charge is 0.257 e. The zero-order valence-electron chi connectivity index (χ0n) is 16.1. The molecule has 0 fully saturated rings. The molecule has 0 aliphatic rings. The molecule has 2 aromatic carbocycles. The quantitative estimate of drug-likeness (QED) is 0.506. The van der Waals surface area contributed by atoms with Gasteiger partial charge in [-0.15, -0.1) is 0 Å². The number of amides is 1. The second kappa shape index (κ2) is 7.83. The number of hydrogen-bond donors (Lipinski definition) is 2. The average Bonchev–Trinajstić information content (AvgIpc) is 3.31. The van der Waals surface area contributed by atoms with Gasteiger partial charge < -0.3 is 5.32 Å². The summed E-state index contributed by atoms with van der Waals surface area (Å²) in [5, 5.41) is 14.8. The van der Waals surface area contributed by atoms with Crippen molar-refractivity contribution in [2.24, 2.45) is 7.05 Å². The molecule has 4 aromatic rings. The van der Waals surface area contributed by atoms with Crippen molar-refractivity contribution < 1.29 is 13.6 Å². The number of fused-ring (bicyclic) bond motifs is 1. The van der Waals surface area contributed by atoms with E-state index in [-0.39, 0.29) is 17.9 Å². The lowest BCUT2D eigenvalue weighted by atomic mass is 10.1. The van der Waals surface area contributed by atoms with Crippen molar-refractivity contribution in [3.05, 3.63) is 64.1 Å². The third-order valence-corrected chi connectivity index (χ3v) is 5.15. The van der Waals surface area contributed by atoms with Crippen molar-refractivity contribution >= 4 is 28.4 Å². The van der Waals surface area contributed by atoms with Crippen molar-refractivity contribution in [2.75, 3.05) is 6.54 Å². The van der Waals surface area contributed by atoms with Crippen LogP contribution in [0, 0.1) is 11.6 Å². The van der Waals surface area contributed by atoms with Gasteiger partial charge in [0, 0.05) is 31.0 Å². The van der Waals surface area contributed by atoms with Crippen molar-refractivity contribution in [1.82, 2.24) is 30.3 Å². The molecule has 2 heterocycles. The Labute approximate surface area is 175 Å². The number of halogens is 3. The highest BCUT2D eigenvalue weighted by Crippen LogP contribution is 2.28. The van der Waals surface area contributed by atoms with Crippen molar-refractivity contribution in [1.29, 1.82) is 0 Å². The predicted molar refractivity (Wildman–Crippen MR) is 108 cm³/mol. The molecule has 0 saturated heterocycles. The zero-order chi connectivity index (χ0) is 21.4. The first-order valence-electron chi connectivity index (χ1n) is 9.17. The van der Waals surface area contributed by atoms with Crippen molar-refractivity contribution in [3.8, 4) is 11.4 Å². The van der Waals surface area contributed by atoms with E-state index in [0.29, 0.717) is 17.3 Å². The third kappa shape index (κ3) is 3.52. The molecule has 2 N–H and O–H groups in total. The molecule has 0 aliphatic heterocycles. The average molecular weight is 431 g/mol. The molecule has 0 saturated carbocycles. The fourth-order valence-corrected chi connectivity index (χ4v) is 3.48. The van der Waals surface area contributed by atoms with E-state index in [0.717, 1.165) is 28.6 Å². The molecule has 2 aromatic heterocycles. The first-order valence-corrected chi connectivity index (χ1v) is 9.54. The van der Waals surface area contributed by atoms with Gasteiger partial charge in [-0.1, -0.05) is 17.7 Å². The van der Waals surface area contributed by atoms with Crippen LogP contribution in [0.5, 0.6) is 0 Å². The molecule has 0 atom stereocenters. The third-order valence-electron chi connectivity index (χ3n) is 4.70. The second-order valence-electron chi connectivity index (χ2n) is 6.70. The molecule has 0 unspecified atom stereocenters. The number of benzene rings is 2. The Morgan fingerprint density at radius 3 is 2.70 bits per heavy atom. The number of hydrogen-bond acceptors (Lipinski definition) is 4.